The Morgan fingerprint density at radius 3 is 2.74 bits per heavy atom. The van der Waals surface area contributed by atoms with Gasteiger partial charge in [0.2, 0.25) is 5.91 Å². The molecule has 0 bridgehead atoms. The lowest BCUT2D eigenvalue weighted by Crippen LogP contribution is -2.38. The Kier molecular flexibility index (Phi) is 5.30. The minimum atomic E-state index is 0.154. The molecule has 0 radical (unpaired) electrons. The number of rotatable bonds is 7. The Labute approximate surface area is 159 Å². The number of hydrogen-bond donors (Lipinski definition) is 1. The van der Waals surface area contributed by atoms with Gasteiger partial charge >= 0.3 is 0 Å². The summed E-state index contributed by atoms with van der Waals surface area (Å²) in [5, 5.41) is 3.08. The average molecular weight is 361 g/mol. The zero-order chi connectivity index (χ0) is 18.5. The summed E-state index contributed by atoms with van der Waals surface area (Å²) in [6.45, 7) is 2.42. The molecule has 138 valence electrons. The van der Waals surface area contributed by atoms with Gasteiger partial charge in [-0.2, -0.15) is 0 Å². The van der Waals surface area contributed by atoms with Gasteiger partial charge in [-0.15, -0.1) is 0 Å². The number of amides is 1. The molecule has 0 saturated carbocycles. The number of carbonyl (C=O) groups excluding carboxylic acids is 1. The largest absolute Gasteiger partial charge is 0.464 e. The van der Waals surface area contributed by atoms with E-state index in [1.807, 2.05) is 24.4 Å². The molecule has 3 heterocycles. The van der Waals surface area contributed by atoms with Crippen LogP contribution in [0.15, 0.2) is 71.6 Å². The first kappa shape index (κ1) is 17.5. The Morgan fingerprint density at radius 2 is 2.00 bits per heavy atom. The van der Waals surface area contributed by atoms with Crippen LogP contribution in [0, 0.1) is 0 Å². The number of carbonyl (C=O) groups is 1. The maximum atomic E-state index is 11.6. The number of aromatic nitrogens is 1. The Morgan fingerprint density at radius 1 is 1.11 bits per heavy atom. The van der Waals surface area contributed by atoms with Crippen LogP contribution in [0.2, 0.25) is 0 Å². The van der Waals surface area contributed by atoms with Crippen LogP contribution < -0.4 is 5.32 Å². The van der Waals surface area contributed by atoms with Crippen molar-refractivity contribution in [2.75, 3.05) is 6.54 Å². The first-order chi connectivity index (χ1) is 13.3. The van der Waals surface area contributed by atoms with Crippen molar-refractivity contribution in [1.82, 2.24) is 15.2 Å². The summed E-state index contributed by atoms with van der Waals surface area (Å²) in [6.07, 6.45) is 6.91. The summed E-state index contributed by atoms with van der Waals surface area (Å²) in [5.41, 5.74) is 3.47. The number of nitrogens with one attached hydrogen (secondary N) is 1. The van der Waals surface area contributed by atoms with Gasteiger partial charge < -0.3 is 9.73 Å². The van der Waals surface area contributed by atoms with Crippen LogP contribution in [0.3, 0.4) is 0 Å². The van der Waals surface area contributed by atoms with Crippen LogP contribution in [0.25, 0.3) is 11.3 Å². The van der Waals surface area contributed by atoms with Gasteiger partial charge in [-0.1, -0.05) is 24.3 Å². The molecular formula is C22H23N3O2. The molecule has 1 aliphatic heterocycles. The summed E-state index contributed by atoms with van der Waals surface area (Å²) < 4.78 is 5.53. The lowest BCUT2D eigenvalue weighted by atomic mass is 10.1. The first-order valence-corrected chi connectivity index (χ1v) is 9.30. The van der Waals surface area contributed by atoms with Crippen molar-refractivity contribution in [2.24, 2.45) is 0 Å². The first-order valence-electron chi connectivity index (χ1n) is 9.30. The van der Waals surface area contributed by atoms with E-state index in [0.717, 1.165) is 37.4 Å². The van der Waals surface area contributed by atoms with E-state index < -0.39 is 0 Å². The Balaban J connectivity index is 1.51. The smallest absolute Gasteiger partial charge is 0.220 e. The standard InChI is InChI=1S/C22H23N3O2/c26-22-9-8-20(24-22)16-25(15-18-5-2-10-23-13-18)14-17-4-1-6-19(12-17)21-7-3-11-27-21/h1-7,10-13,20H,8-9,14-16H2,(H,24,26). The highest BCUT2D eigenvalue weighted by molar-refractivity contribution is 5.78. The van der Waals surface area contributed by atoms with E-state index >= 15 is 0 Å². The second-order valence-corrected chi connectivity index (χ2v) is 7.01. The lowest BCUT2D eigenvalue weighted by molar-refractivity contribution is -0.119. The molecule has 1 amide bonds. The van der Waals surface area contributed by atoms with Crippen molar-refractivity contribution in [1.29, 1.82) is 0 Å². The molecule has 0 aliphatic carbocycles. The van der Waals surface area contributed by atoms with Crippen LogP contribution in [0.5, 0.6) is 0 Å². The number of benzene rings is 1. The van der Waals surface area contributed by atoms with E-state index in [4.69, 9.17) is 4.42 Å². The maximum absolute atomic E-state index is 11.6. The fourth-order valence-corrected chi connectivity index (χ4v) is 3.58. The van der Waals surface area contributed by atoms with E-state index in [0.29, 0.717) is 6.42 Å². The van der Waals surface area contributed by atoms with Crippen LogP contribution in [0.1, 0.15) is 24.0 Å². The van der Waals surface area contributed by atoms with Gasteiger partial charge in [0.1, 0.15) is 5.76 Å². The molecule has 1 unspecified atom stereocenters. The number of furan rings is 1. The highest BCUT2D eigenvalue weighted by Crippen LogP contribution is 2.22. The Bertz CT molecular complexity index is 878. The third-order valence-corrected chi connectivity index (χ3v) is 4.83. The second kappa shape index (κ2) is 8.18. The highest BCUT2D eigenvalue weighted by atomic mass is 16.3. The molecule has 1 aliphatic rings. The number of nitrogens with zero attached hydrogens (tertiary/aromatic N) is 2. The Hall–Kier alpha value is -2.92. The van der Waals surface area contributed by atoms with Crippen molar-refractivity contribution in [3.63, 3.8) is 0 Å². The van der Waals surface area contributed by atoms with Crippen LogP contribution in [-0.2, 0) is 17.9 Å². The molecule has 4 rings (SSSR count). The van der Waals surface area contributed by atoms with Gasteiger partial charge in [0, 0.05) is 50.1 Å². The van der Waals surface area contributed by atoms with E-state index in [2.05, 4.69) is 45.5 Å². The fraction of sp³-hybridized carbons (Fsp3) is 0.273. The molecule has 5 heteroatoms. The molecule has 1 saturated heterocycles. The van der Waals surface area contributed by atoms with Gasteiger partial charge in [0.25, 0.3) is 0 Å². The van der Waals surface area contributed by atoms with E-state index in [1.165, 1.54) is 11.1 Å². The molecule has 5 nitrogen and oxygen atoms in total. The SMILES string of the molecule is O=C1CCC(CN(Cc2cccnc2)Cc2cccc(-c3ccco3)c2)N1. The molecule has 1 aromatic carbocycles. The van der Waals surface area contributed by atoms with Gasteiger partial charge in [0.05, 0.1) is 6.26 Å². The molecule has 3 aromatic rings. The molecule has 0 spiro atoms. The molecule has 1 atom stereocenters. The highest BCUT2D eigenvalue weighted by Gasteiger charge is 2.23. The molecule has 27 heavy (non-hydrogen) atoms. The molecule has 1 fully saturated rings. The predicted octanol–water partition coefficient (Wildman–Crippen LogP) is 3.62. The van der Waals surface area contributed by atoms with Gasteiger partial charge in [0.15, 0.2) is 0 Å². The molecule has 2 aromatic heterocycles. The summed E-state index contributed by atoms with van der Waals surface area (Å²) >= 11 is 0. The van der Waals surface area contributed by atoms with Crippen molar-refractivity contribution in [2.45, 2.75) is 32.0 Å². The van der Waals surface area contributed by atoms with Crippen molar-refractivity contribution >= 4 is 5.91 Å². The zero-order valence-corrected chi connectivity index (χ0v) is 15.2. The molecular weight excluding hydrogens is 338 g/mol. The minimum absolute atomic E-state index is 0.154. The third kappa shape index (κ3) is 4.63. The second-order valence-electron chi connectivity index (χ2n) is 7.01. The minimum Gasteiger partial charge on any atom is -0.464 e. The van der Waals surface area contributed by atoms with Gasteiger partial charge in [-0.05, 0) is 41.8 Å². The van der Waals surface area contributed by atoms with Crippen molar-refractivity contribution < 1.29 is 9.21 Å². The van der Waals surface area contributed by atoms with Gasteiger partial charge in [-0.25, -0.2) is 0 Å². The summed E-state index contributed by atoms with van der Waals surface area (Å²) in [4.78, 5) is 18.2. The average Bonchev–Trinajstić information content (AvgIpc) is 3.35. The predicted molar refractivity (Wildman–Crippen MR) is 104 cm³/mol. The fourth-order valence-electron chi connectivity index (χ4n) is 3.58. The summed E-state index contributed by atoms with van der Waals surface area (Å²) in [5.74, 6) is 1.03. The molecule has 1 N–H and O–H groups in total. The zero-order valence-electron chi connectivity index (χ0n) is 15.2. The van der Waals surface area contributed by atoms with Crippen molar-refractivity contribution in [3.05, 3.63) is 78.3 Å². The maximum Gasteiger partial charge on any atom is 0.220 e. The van der Waals surface area contributed by atoms with Crippen LogP contribution >= 0.6 is 0 Å². The topological polar surface area (TPSA) is 58.4 Å². The summed E-state index contributed by atoms with van der Waals surface area (Å²) in [7, 11) is 0. The number of hydrogen-bond acceptors (Lipinski definition) is 4. The van der Waals surface area contributed by atoms with Crippen molar-refractivity contribution in [3.8, 4) is 11.3 Å². The van der Waals surface area contributed by atoms with E-state index in [-0.39, 0.29) is 11.9 Å². The monoisotopic (exact) mass is 361 g/mol. The van der Waals surface area contributed by atoms with E-state index in [1.54, 1.807) is 12.5 Å². The number of pyridine rings is 1. The van der Waals surface area contributed by atoms with Crippen LogP contribution in [0.4, 0.5) is 0 Å². The summed E-state index contributed by atoms with van der Waals surface area (Å²) in [6, 6.07) is 16.6. The third-order valence-electron chi connectivity index (χ3n) is 4.83. The van der Waals surface area contributed by atoms with Gasteiger partial charge in [-0.3, -0.25) is 14.7 Å². The normalized spacial score (nSPS) is 16.6. The van der Waals surface area contributed by atoms with E-state index in [9.17, 15) is 4.79 Å². The lowest BCUT2D eigenvalue weighted by Gasteiger charge is -2.25. The quantitative estimate of drug-likeness (QED) is 0.698. The van der Waals surface area contributed by atoms with Crippen LogP contribution in [-0.4, -0.2) is 28.4 Å².